The molecule has 3 aliphatic rings. The van der Waals surface area contributed by atoms with Gasteiger partial charge in [-0.25, -0.2) is 0 Å². The number of hydrogen-bond donors (Lipinski definition) is 2. The standard InChI is InChI=1S/C25H26O4S/c26-12-21-9-20(27)11-25(29-21)23-10-22-19(14-30-24(22)8-18(23)13-28-25)7-15-1-3-16(4-2-15)17-5-6-17/h1-4,8,10,14,17,20-21,26-27H,5-7,9,11-13H2/t20?,21?,25-/m1/s1. The normalized spacial score (nSPS) is 28.3. The molecule has 0 radical (unpaired) electrons. The van der Waals surface area contributed by atoms with Gasteiger partial charge in [-0.2, -0.15) is 0 Å². The highest BCUT2D eigenvalue weighted by Crippen LogP contribution is 2.47. The van der Waals surface area contributed by atoms with Crippen LogP contribution in [-0.4, -0.2) is 29.0 Å². The molecule has 1 saturated heterocycles. The smallest absolute Gasteiger partial charge is 0.198 e. The molecule has 0 bridgehead atoms. The molecule has 1 saturated carbocycles. The van der Waals surface area contributed by atoms with Crippen molar-refractivity contribution >= 4 is 21.4 Å². The second-order valence-electron chi connectivity index (χ2n) is 9.02. The van der Waals surface area contributed by atoms with Crippen molar-refractivity contribution in [2.75, 3.05) is 6.61 Å². The predicted molar refractivity (Wildman–Crippen MR) is 117 cm³/mol. The third-order valence-electron chi connectivity index (χ3n) is 6.77. The fourth-order valence-electron chi connectivity index (χ4n) is 5.04. The third kappa shape index (κ3) is 3.20. The summed E-state index contributed by atoms with van der Waals surface area (Å²) in [7, 11) is 0. The first-order valence-electron chi connectivity index (χ1n) is 10.9. The highest BCUT2D eigenvalue weighted by molar-refractivity contribution is 7.17. The van der Waals surface area contributed by atoms with Crippen molar-refractivity contribution in [3.8, 4) is 0 Å². The predicted octanol–water partition coefficient (Wildman–Crippen LogP) is 4.58. The molecule has 3 heterocycles. The van der Waals surface area contributed by atoms with Crippen LogP contribution in [0.4, 0.5) is 0 Å². The van der Waals surface area contributed by atoms with Crippen LogP contribution in [0.15, 0.2) is 41.8 Å². The Kier molecular flexibility index (Phi) is 4.52. The quantitative estimate of drug-likeness (QED) is 0.646. The maximum Gasteiger partial charge on any atom is 0.198 e. The van der Waals surface area contributed by atoms with E-state index in [0.29, 0.717) is 19.4 Å². The molecule has 2 N–H and O–H groups in total. The lowest BCUT2D eigenvalue weighted by atomic mass is 9.90. The maximum absolute atomic E-state index is 10.4. The van der Waals surface area contributed by atoms with Crippen LogP contribution in [0.1, 0.15) is 59.4 Å². The van der Waals surface area contributed by atoms with Crippen LogP contribution in [0, 0.1) is 0 Å². The van der Waals surface area contributed by atoms with Crippen LogP contribution in [0.5, 0.6) is 0 Å². The van der Waals surface area contributed by atoms with E-state index in [0.717, 1.165) is 23.5 Å². The molecule has 4 nitrogen and oxygen atoms in total. The van der Waals surface area contributed by atoms with E-state index in [9.17, 15) is 10.2 Å². The number of thiophene rings is 1. The minimum absolute atomic E-state index is 0.111. The lowest BCUT2D eigenvalue weighted by Crippen LogP contribution is -2.45. The van der Waals surface area contributed by atoms with Crippen molar-refractivity contribution in [2.45, 2.75) is 62.6 Å². The zero-order valence-electron chi connectivity index (χ0n) is 16.8. The number of aliphatic hydroxyl groups excluding tert-OH is 2. The summed E-state index contributed by atoms with van der Waals surface area (Å²) in [6, 6.07) is 13.5. The van der Waals surface area contributed by atoms with Gasteiger partial charge in [0.05, 0.1) is 25.4 Å². The average molecular weight is 423 g/mol. The van der Waals surface area contributed by atoms with E-state index >= 15 is 0 Å². The molecule has 5 heteroatoms. The Morgan fingerprint density at radius 2 is 1.97 bits per heavy atom. The van der Waals surface area contributed by atoms with Crippen molar-refractivity contribution in [3.63, 3.8) is 0 Å². The van der Waals surface area contributed by atoms with Gasteiger partial charge >= 0.3 is 0 Å². The molecule has 1 aromatic heterocycles. The number of hydrogen-bond acceptors (Lipinski definition) is 5. The summed E-state index contributed by atoms with van der Waals surface area (Å²) in [5.41, 5.74) is 6.24. The second kappa shape index (κ2) is 7.14. The average Bonchev–Trinajstić information content (AvgIpc) is 3.47. The van der Waals surface area contributed by atoms with Crippen LogP contribution in [0.3, 0.4) is 0 Å². The summed E-state index contributed by atoms with van der Waals surface area (Å²) in [5, 5.41) is 23.5. The van der Waals surface area contributed by atoms with Gasteiger partial charge in [0.25, 0.3) is 0 Å². The van der Waals surface area contributed by atoms with Crippen LogP contribution < -0.4 is 0 Å². The fraction of sp³-hybridized carbons (Fsp3) is 0.440. The highest BCUT2D eigenvalue weighted by Gasteiger charge is 2.48. The zero-order chi connectivity index (χ0) is 20.3. The summed E-state index contributed by atoms with van der Waals surface area (Å²) in [6.45, 7) is 0.367. The molecule has 3 atom stereocenters. The molecule has 1 spiro atoms. The second-order valence-corrected chi connectivity index (χ2v) is 9.93. The SMILES string of the molecule is OCC1CC(O)C[C@@]2(OCc3cc4scc(Cc5ccc(C6CC6)cc5)c4cc32)O1. The van der Waals surface area contributed by atoms with Crippen molar-refractivity contribution < 1.29 is 19.7 Å². The molecule has 2 aromatic carbocycles. The Balaban J connectivity index is 1.34. The number of benzene rings is 2. The van der Waals surface area contributed by atoms with Crippen molar-refractivity contribution in [2.24, 2.45) is 0 Å². The highest BCUT2D eigenvalue weighted by atomic mass is 32.1. The van der Waals surface area contributed by atoms with Crippen LogP contribution >= 0.6 is 11.3 Å². The first-order chi connectivity index (χ1) is 14.6. The topological polar surface area (TPSA) is 58.9 Å². The van der Waals surface area contributed by atoms with Gasteiger partial charge in [0.15, 0.2) is 5.79 Å². The molecule has 2 aliphatic heterocycles. The number of rotatable bonds is 4. The molecule has 156 valence electrons. The first-order valence-corrected chi connectivity index (χ1v) is 11.7. The third-order valence-corrected chi connectivity index (χ3v) is 7.77. The molecule has 3 aromatic rings. The number of fused-ring (bicyclic) bond motifs is 3. The lowest BCUT2D eigenvalue weighted by molar-refractivity contribution is -0.302. The molecule has 2 fully saturated rings. The monoisotopic (exact) mass is 422 g/mol. The molecule has 1 aliphatic carbocycles. The van der Waals surface area contributed by atoms with E-state index in [1.165, 1.54) is 39.6 Å². The van der Waals surface area contributed by atoms with Gasteiger partial charge in [0, 0.05) is 23.1 Å². The van der Waals surface area contributed by atoms with Gasteiger partial charge in [-0.15, -0.1) is 11.3 Å². The molecule has 6 rings (SSSR count). The van der Waals surface area contributed by atoms with Crippen LogP contribution in [0.25, 0.3) is 10.1 Å². The largest absolute Gasteiger partial charge is 0.394 e. The minimum atomic E-state index is -0.945. The molecular formula is C25H26O4S. The summed E-state index contributed by atoms with van der Waals surface area (Å²) in [4.78, 5) is 0. The molecular weight excluding hydrogens is 396 g/mol. The van der Waals surface area contributed by atoms with E-state index in [-0.39, 0.29) is 6.61 Å². The van der Waals surface area contributed by atoms with E-state index in [2.05, 4.69) is 41.8 Å². The Morgan fingerprint density at radius 1 is 1.13 bits per heavy atom. The number of ether oxygens (including phenoxy) is 2. The Labute approximate surface area is 180 Å². The molecule has 30 heavy (non-hydrogen) atoms. The minimum Gasteiger partial charge on any atom is -0.394 e. The van der Waals surface area contributed by atoms with Gasteiger partial charge in [-0.1, -0.05) is 24.3 Å². The van der Waals surface area contributed by atoms with E-state index < -0.39 is 18.0 Å². The van der Waals surface area contributed by atoms with Gasteiger partial charge in [-0.3, -0.25) is 0 Å². The van der Waals surface area contributed by atoms with Gasteiger partial charge < -0.3 is 19.7 Å². The molecule has 2 unspecified atom stereocenters. The first kappa shape index (κ1) is 19.0. The van der Waals surface area contributed by atoms with Crippen LogP contribution in [-0.2, 0) is 28.3 Å². The van der Waals surface area contributed by atoms with Gasteiger partial charge in [0.1, 0.15) is 0 Å². The molecule has 0 amide bonds. The summed E-state index contributed by atoms with van der Waals surface area (Å²) in [6.07, 6.45) is 3.48. The van der Waals surface area contributed by atoms with E-state index in [1.54, 1.807) is 11.3 Å². The van der Waals surface area contributed by atoms with Crippen LogP contribution in [0.2, 0.25) is 0 Å². The van der Waals surface area contributed by atoms with E-state index in [1.807, 2.05) is 0 Å². The maximum atomic E-state index is 10.4. The van der Waals surface area contributed by atoms with E-state index in [4.69, 9.17) is 9.47 Å². The summed E-state index contributed by atoms with van der Waals surface area (Å²) < 4.78 is 13.5. The van der Waals surface area contributed by atoms with Crippen molar-refractivity contribution in [1.29, 1.82) is 0 Å². The zero-order valence-corrected chi connectivity index (χ0v) is 17.7. The number of aliphatic hydroxyl groups is 2. The van der Waals surface area contributed by atoms with Gasteiger partial charge in [-0.05, 0) is 70.3 Å². The summed E-state index contributed by atoms with van der Waals surface area (Å²) in [5.74, 6) is -0.159. The Bertz CT molecular complexity index is 1080. The van der Waals surface area contributed by atoms with Gasteiger partial charge in [0.2, 0.25) is 0 Å². The lowest BCUT2D eigenvalue weighted by Gasteiger charge is -2.40. The fourth-order valence-corrected chi connectivity index (χ4v) is 6.04. The Morgan fingerprint density at radius 3 is 2.73 bits per heavy atom. The Hall–Kier alpha value is -1.76. The summed E-state index contributed by atoms with van der Waals surface area (Å²) >= 11 is 1.77. The van der Waals surface area contributed by atoms with Crippen molar-refractivity contribution in [3.05, 3.63) is 69.6 Å². The van der Waals surface area contributed by atoms with Crippen molar-refractivity contribution in [1.82, 2.24) is 0 Å².